The van der Waals surface area contributed by atoms with Gasteiger partial charge in [-0.05, 0) is 36.7 Å². The first-order valence-electron chi connectivity index (χ1n) is 11.5. The Morgan fingerprint density at radius 2 is 1.74 bits per heavy atom. The molecule has 2 aromatic carbocycles. The molecule has 0 aliphatic carbocycles. The Balaban J connectivity index is 1.88. The van der Waals surface area contributed by atoms with Crippen LogP contribution in [0.3, 0.4) is 0 Å². The third kappa shape index (κ3) is 5.81. The van der Waals surface area contributed by atoms with Crippen LogP contribution in [0.1, 0.15) is 35.3 Å². The fourth-order valence-corrected chi connectivity index (χ4v) is 3.87. The lowest BCUT2D eigenvalue weighted by molar-refractivity contribution is 0.0927. The van der Waals surface area contributed by atoms with Gasteiger partial charge >= 0.3 is 5.69 Å². The summed E-state index contributed by atoms with van der Waals surface area (Å²) < 4.78 is 13.2. The van der Waals surface area contributed by atoms with Crippen molar-refractivity contribution < 1.29 is 14.3 Å². The molecule has 0 fully saturated rings. The maximum absolute atomic E-state index is 13.3. The fourth-order valence-electron chi connectivity index (χ4n) is 3.87. The van der Waals surface area contributed by atoms with Crippen molar-refractivity contribution in [3.8, 4) is 11.5 Å². The maximum atomic E-state index is 13.3. The minimum Gasteiger partial charge on any atom is -0.493 e. The zero-order valence-corrected chi connectivity index (χ0v) is 20.6. The molecule has 0 aliphatic heterocycles. The largest absolute Gasteiger partial charge is 0.493 e. The Morgan fingerprint density at radius 1 is 1.03 bits per heavy atom. The number of aromatic nitrogens is 2. The number of hydrogen-bond donors (Lipinski definition) is 1. The molecule has 9 nitrogen and oxygen atoms in total. The number of methoxy groups -OCH3 is 1. The smallest absolute Gasteiger partial charge is 0.332 e. The van der Waals surface area contributed by atoms with Crippen molar-refractivity contribution in [1.82, 2.24) is 14.0 Å². The van der Waals surface area contributed by atoms with E-state index in [0.717, 1.165) is 15.7 Å². The SMILES string of the molecule is CCOc1ccc(CN(CC)CC(=O)c2c(N)n(Cc3ccccc3)c(=O)n(C)c2=O)cc1OC. The van der Waals surface area contributed by atoms with Crippen LogP contribution in [0.5, 0.6) is 11.5 Å². The maximum Gasteiger partial charge on any atom is 0.332 e. The van der Waals surface area contributed by atoms with E-state index in [-0.39, 0.29) is 24.5 Å². The molecular formula is C26H32N4O5. The molecule has 9 heteroatoms. The van der Waals surface area contributed by atoms with Crippen molar-refractivity contribution in [3.63, 3.8) is 0 Å². The standard InChI is InChI=1S/C26H32N4O5/c1-5-29(15-19-12-13-21(35-6-2)22(14-19)34-4)17-20(31)23-24(27)30(26(33)28(3)25(23)32)16-18-10-8-7-9-11-18/h7-14H,5-6,15-17,27H2,1-4H3. The molecule has 0 atom stereocenters. The summed E-state index contributed by atoms with van der Waals surface area (Å²) in [7, 11) is 2.93. The van der Waals surface area contributed by atoms with Gasteiger partial charge in [0.05, 0.1) is 26.8 Å². The quantitative estimate of drug-likeness (QED) is 0.420. The summed E-state index contributed by atoms with van der Waals surface area (Å²) >= 11 is 0. The monoisotopic (exact) mass is 480 g/mol. The first kappa shape index (κ1) is 25.8. The number of rotatable bonds is 11. The zero-order chi connectivity index (χ0) is 25.5. The molecule has 3 aromatic rings. The van der Waals surface area contributed by atoms with Crippen LogP contribution in [-0.4, -0.2) is 46.6 Å². The number of likely N-dealkylation sites (N-methyl/N-ethyl adjacent to an activating group) is 1. The predicted octanol–water partition coefficient (Wildman–Crippen LogP) is 2.29. The summed E-state index contributed by atoms with van der Waals surface area (Å²) in [5, 5.41) is 0. The lowest BCUT2D eigenvalue weighted by atomic mass is 10.1. The summed E-state index contributed by atoms with van der Waals surface area (Å²) in [6, 6.07) is 14.9. The van der Waals surface area contributed by atoms with E-state index in [1.54, 1.807) is 7.11 Å². The van der Waals surface area contributed by atoms with Crippen molar-refractivity contribution >= 4 is 11.6 Å². The molecule has 1 heterocycles. The fraction of sp³-hybridized carbons (Fsp3) is 0.346. The number of ether oxygens (including phenoxy) is 2. The second-order valence-electron chi connectivity index (χ2n) is 8.12. The molecule has 2 N–H and O–H groups in total. The second-order valence-corrected chi connectivity index (χ2v) is 8.12. The summed E-state index contributed by atoms with van der Waals surface area (Å²) in [5.41, 5.74) is 6.56. The Morgan fingerprint density at radius 3 is 2.37 bits per heavy atom. The van der Waals surface area contributed by atoms with Gasteiger partial charge in [0, 0.05) is 13.6 Å². The molecule has 0 amide bonds. The van der Waals surface area contributed by atoms with Crippen molar-refractivity contribution in [1.29, 1.82) is 0 Å². The van der Waals surface area contributed by atoms with E-state index in [4.69, 9.17) is 15.2 Å². The van der Waals surface area contributed by atoms with Gasteiger partial charge in [-0.2, -0.15) is 0 Å². The van der Waals surface area contributed by atoms with Crippen LogP contribution in [0.25, 0.3) is 0 Å². The third-order valence-electron chi connectivity index (χ3n) is 5.79. The van der Waals surface area contributed by atoms with Crippen LogP contribution >= 0.6 is 0 Å². The zero-order valence-electron chi connectivity index (χ0n) is 20.6. The number of nitrogens with zero attached hydrogens (tertiary/aromatic N) is 3. The highest BCUT2D eigenvalue weighted by atomic mass is 16.5. The van der Waals surface area contributed by atoms with E-state index in [2.05, 4.69) is 0 Å². The second kappa shape index (κ2) is 11.5. The van der Waals surface area contributed by atoms with Crippen molar-refractivity contribution in [3.05, 3.63) is 86.1 Å². The number of nitrogens with two attached hydrogens (primary N) is 1. The molecule has 35 heavy (non-hydrogen) atoms. The summed E-state index contributed by atoms with van der Waals surface area (Å²) in [6.07, 6.45) is 0. The minimum atomic E-state index is -0.694. The normalized spacial score (nSPS) is 11.0. The highest BCUT2D eigenvalue weighted by molar-refractivity contribution is 6.01. The van der Waals surface area contributed by atoms with Crippen molar-refractivity contribution in [2.24, 2.45) is 7.05 Å². The van der Waals surface area contributed by atoms with Gasteiger partial charge in [0.25, 0.3) is 5.56 Å². The molecule has 1 aromatic heterocycles. The van der Waals surface area contributed by atoms with E-state index in [0.29, 0.717) is 31.2 Å². The van der Waals surface area contributed by atoms with Gasteiger partial charge in [-0.25, -0.2) is 4.79 Å². The van der Waals surface area contributed by atoms with E-state index >= 15 is 0 Å². The van der Waals surface area contributed by atoms with Gasteiger partial charge in [0.1, 0.15) is 11.4 Å². The Hall–Kier alpha value is -3.85. The first-order chi connectivity index (χ1) is 16.8. The highest BCUT2D eigenvalue weighted by Crippen LogP contribution is 2.28. The predicted molar refractivity (Wildman–Crippen MR) is 135 cm³/mol. The number of benzene rings is 2. The molecule has 0 radical (unpaired) electrons. The molecule has 0 saturated carbocycles. The van der Waals surface area contributed by atoms with E-state index in [1.807, 2.05) is 67.3 Å². The van der Waals surface area contributed by atoms with E-state index in [9.17, 15) is 14.4 Å². The summed E-state index contributed by atoms with van der Waals surface area (Å²) in [4.78, 5) is 40.8. The number of nitrogen functional groups attached to an aromatic ring is 1. The number of carbonyl (C=O) groups is 1. The summed E-state index contributed by atoms with van der Waals surface area (Å²) in [5.74, 6) is 0.697. The summed E-state index contributed by atoms with van der Waals surface area (Å²) in [6.45, 7) is 5.49. The lowest BCUT2D eigenvalue weighted by Gasteiger charge is -2.21. The van der Waals surface area contributed by atoms with Crippen LogP contribution in [0.15, 0.2) is 58.1 Å². The molecular weight excluding hydrogens is 448 g/mol. The Kier molecular flexibility index (Phi) is 8.48. The average Bonchev–Trinajstić information content (AvgIpc) is 2.86. The van der Waals surface area contributed by atoms with Crippen LogP contribution < -0.4 is 26.5 Å². The number of carbonyl (C=O) groups excluding carboxylic acids is 1. The molecule has 0 saturated heterocycles. The average molecular weight is 481 g/mol. The number of ketones is 1. The van der Waals surface area contributed by atoms with E-state index in [1.165, 1.54) is 11.6 Å². The Labute approximate surface area is 204 Å². The topological polar surface area (TPSA) is 109 Å². The van der Waals surface area contributed by atoms with Crippen molar-refractivity contribution in [2.45, 2.75) is 26.9 Å². The highest BCUT2D eigenvalue weighted by Gasteiger charge is 2.23. The molecule has 0 bridgehead atoms. The third-order valence-corrected chi connectivity index (χ3v) is 5.79. The molecule has 3 rings (SSSR count). The number of anilines is 1. The molecule has 186 valence electrons. The minimum absolute atomic E-state index is 0.0327. The molecule has 0 spiro atoms. The van der Waals surface area contributed by atoms with Gasteiger partial charge in [-0.1, -0.05) is 43.3 Å². The van der Waals surface area contributed by atoms with E-state index < -0.39 is 17.0 Å². The van der Waals surface area contributed by atoms with Crippen LogP contribution in [0.2, 0.25) is 0 Å². The van der Waals surface area contributed by atoms with Gasteiger partial charge in [0.2, 0.25) is 0 Å². The van der Waals surface area contributed by atoms with Gasteiger partial charge in [-0.3, -0.25) is 23.6 Å². The van der Waals surface area contributed by atoms with Gasteiger partial charge in [0.15, 0.2) is 17.3 Å². The lowest BCUT2D eigenvalue weighted by Crippen LogP contribution is -2.44. The van der Waals surface area contributed by atoms with Gasteiger partial charge in [-0.15, -0.1) is 0 Å². The van der Waals surface area contributed by atoms with Crippen LogP contribution in [-0.2, 0) is 20.1 Å². The van der Waals surface area contributed by atoms with Crippen molar-refractivity contribution in [2.75, 3.05) is 32.5 Å². The molecule has 0 aliphatic rings. The van der Waals surface area contributed by atoms with Crippen LogP contribution in [0, 0.1) is 0 Å². The molecule has 0 unspecified atom stereocenters. The first-order valence-corrected chi connectivity index (χ1v) is 11.5. The Bertz CT molecular complexity index is 1300. The number of Topliss-reactive ketones (excluding diaryl/α,β-unsaturated/α-hetero) is 1. The van der Waals surface area contributed by atoms with Gasteiger partial charge < -0.3 is 15.2 Å². The number of hydrogen-bond acceptors (Lipinski definition) is 7. The van der Waals surface area contributed by atoms with Crippen LogP contribution in [0.4, 0.5) is 5.82 Å².